The number of carbonyl (C=O) groups is 2. The zero-order chi connectivity index (χ0) is 21.2. The average Bonchev–Trinajstić information content (AvgIpc) is 3.03. The number of nitrogens with zero attached hydrogens (tertiary/aromatic N) is 1. The van der Waals surface area contributed by atoms with E-state index in [0.29, 0.717) is 24.4 Å². The van der Waals surface area contributed by atoms with E-state index in [1.165, 1.54) is 4.90 Å². The van der Waals surface area contributed by atoms with Crippen molar-refractivity contribution in [2.75, 3.05) is 19.0 Å². The Hall–Kier alpha value is -3.10. The van der Waals surface area contributed by atoms with Gasteiger partial charge in [0.05, 0.1) is 18.6 Å². The Morgan fingerprint density at radius 2 is 1.90 bits per heavy atom. The van der Waals surface area contributed by atoms with E-state index in [1.807, 2.05) is 0 Å². The van der Waals surface area contributed by atoms with E-state index >= 15 is 0 Å². The van der Waals surface area contributed by atoms with Crippen LogP contribution in [0, 0.1) is 11.7 Å². The van der Waals surface area contributed by atoms with E-state index in [4.69, 9.17) is 4.74 Å². The summed E-state index contributed by atoms with van der Waals surface area (Å²) in [6.07, 6.45) is -4.92. The number of hydrogen-bond acceptors (Lipinski definition) is 3. The van der Waals surface area contributed by atoms with E-state index in [-0.39, 0.29) is 24.6 Å². The van der Waals surface area contributed by atoms with Crippen molar-refractivity contribution in [2.45, 2.75) is 19.1 Å². The molecule has 1 fully saturated rings. The molecule has 2 aromatic rings. The van der Waals surface area contributed by atoms with Gasteiger partial charge in [0.1, 0.15) is 11.6 Å². The van der Waals surface area contributed by atoms with Gasteiger partial charge in [-0.25, -0.2) is 4.39 Å². The molecule has 1 atom stereocenters. The molecule has 1 saturated heterocycles. The third-order valence-corrected chi connectivity index (χ3v) is 4.66. The number of likely N-dealkylation sites (tertiary alicyclic amines) is 1. The summed E-state index contributed by atoms with van der Waals surface area (Å²) in [5, 5.41) is 2.34. The third-order valence-electron chi connectivity index (χ3n) is 4.66. The van der Waals surface area contributed by atoms with Gasteiger partial charge in [0.25, 0.3) is 0 Å². The zero-order valence-corrected chi connectivity index (χ0v) is 15.4. The molecule has 1 aliphatic heterocycles. The Labute approximate surface area is 164 Å². The minimum Gasteiger partial charge on any atom is -0.497 e. The molecule has 0 bridgehead atoms. The highest BCUT2D eigenvalue weighted by atomic mass is 19.4. The van der Waals surface area contributed by atoms with Crippen LogP contribution in [0.15, 0.2) is 42.5 Å². The summed E-state index contributed by atoms with van der Waals surface area (Å²) < 4.78 is 56.9. The van der Waals surface area contributed by atoms with Crippen LogP contribution < -0.4 is 10.1 Å². The molecule has 0 spiro atoms. The molecule has 1 heterocycles. The van der Waals surface area contributed by atoms with Gasteiger partial charge in [-0.05, 0) is 35.9 Å². The monoisotopic (exact) mass is 410 g/mol. The SMILES string of the molecule is COc1ccc(CN2CC(C(=O)Nc3ccc(F)c(C(F)(F)F)c3)CC2=O)cc1. The number of amides is 2. The molecular formula is C20H18F4N2O3. The van der Waals surface area contributed by atoms with Crippen LogP contribution in [-0.2, 0) is 22.3 Å². The lowest BCUT2D eigenvalue weighted by molar-refractivity contribution is -0.140. The molecule has 29 heavy (non-hydrogen) atoms. The first kappa shape index (κ1) is 20.6. The van der Waals surface area contributed by atoms with Crippen LogP contribution in [0.2, 0.25) is 0 Å². The Bertz CT molecular complexity index is 913. The van der Waals surface area contributed by atoms with Gasteiger partial charge in [-0.15, -0.1) is 0 Å². The molecule has 0 aliphatic carbocycles. The smallest absolute Gasteiger partial charge is 0.419 e. The van der Waals surface area contributed by atoms with Crippen LogP contribution in [-0.4, -0.2) is 30.4 Å². The summed E-state index contributed by atoms with van der Waals surface area (Å²) in [5.41, 5.74) is -0.780. The molecule has 2 amide bonds. The number of rotatable bonds is 5. The molecule has 5 nitrogen and oxygen atoms in total. The van der Waals surface area contributed by atoms with Crippen molar-refractivity contribution in [3.8, 4) is 5.75 Å². The molecule has 0 aromatic heterocycles. The number of halogens is 4. The van der Waals surface area contributed by atoms with Gasteiger partial charge in [0, 0.05) is 25.2 Å². The Kier molecular flexibility index (Phi) is 5.76. The number of benzene rings is 2. The third kappa shape index (κ3) is 4.85. The van der Waals surface area contributed by atoms with Crippen LogP contribution in [0.4, 0.5) is 23.2 Å². The molecular weight excluding hydrogens is 392 g/mol. The van der Waals surface area contributed by atoms with Crippen molar-refractivity contribution in [1.29, 1.82) is 0 Å². The number of hydrogen-bond donors (Lipinski definition) is 1. The van der Waals surface area contributed by atoms with Crippen molar-refractivity contribution < 1.29 is 31.9 Å². The van der Waals surface area contributed by atoms with Gasteiger partial charge in [0.2, 0.25) is 11.8 Å². The molecule has 1 unspecified atom stereocenters. The summed E-state index contributed by atoms with van der Waals surface area (Å²) in [5.74, 6) is -2.26. The second-order valence-electron chi connectivity index (χ2n) is 6.71. The quantitative estimate of drug-likeness (QED) is 0.762. The van der Waals surface area contributed by atoms with Crippen molar-refractivity contribution >= 4 is 17.5 Å². The van der Waals surface area contributed by atoms with Crippen LogP contribution in [0.1, 0.15) is 17.5 Å². The van der Waals surface area contributed by atoms with Gasteiger partial charge < -0.3 is 15.0 Å². The minimum atomic E-state index is -4.87. The lowest BCUT2D eigenvalue weighted by atomic mass is 10.1. The Morgan fingerprint density at radius 1 is 1.21 bits per heavy atom. The first-order valence-corrected chi connectivity index (χ1v) is 8.75. The maximum atomic E-state index is 13.4. The second kappa shape index (κ2) is 8.10. The first-order valence-electron chi connectivity index (χ1n) is 8.75. The molecule has 2 aromatic carbocycles. The van der Waals surface area contributed by atoms with Gasteiger partial charge in [-0.3, -0.25) is 9.59 Å². The van der Waals surface area contributed by atoms with E-state index in [1.54, 1.807) is 31.4 Å². The van der Waals surface area contributed by atoms with E-state index in [9.17, 15) is 27.2 Å². The zero-order valence-electron chi connectivity index (χ0n) is 15.4. The number of carbonyl (C=O) groups excluding carboxylic acids is 2. The summed E-state index contributed by atoms with van der Waals surface area (Å²) in [6.45, 7) is 0.450. The summed E-state index contributed by atoms with van der Waals surface area (Å²) in [7, 11) is 1.54. The van der Waals surface area contributed by atoms with Crippen LogP contribution in [0.3, 0.4) is 0 Å². The highest BCUT2D eigenvalue weighted by molar-refractivity contribution is 5.97. The summed E-state index contributed by atoms with van der Waals surface area (Å²) >= 11 is 0. The number of nitrogens with one attached hydrogen (secondary N) is 1. The van der Waals surface area contributed by atoms with Gasteiger partial charge in [-0.2, -0.15) is 13.2 Å². The fraction of sp³-hybridized carbons (Fsp3) is 0.300. The largest absolute Gasteiger partial charge is 0.497 e. The van der Waals surface area contributed by atoms with Crippen molar-refractivity contribution in [2.24, 2.45) is 5.92 Å². The Morgan fingerprint density at radius 3 is 2.52 bits per heavy atom. The molecule has 9 heteroatoms. The van der Waals surface area contributed by atoms with Crippen molar-refractivity contribution in [3.63, 3.8) is 0 Å². The van der Waals surface area contributed by atoms with E-state index < -0.39 is 29.4 Å². The highest BCUT2D eigenvalue weighted by Gasteiger charge is 2.36. The number of anilines is 1. The lowest BCUT2D eigenvalue weighted by Gasteiger charge is -2.17. The standard InChI is InChI=1S/C20H18F4N2O3/c1-29-15-5-2-12(3-6-15)10-26-11-13(8-18(26)27)19(28)25-14-4-7-17(21)16(9-14)20(22,23)24/h2-7,9,13H,8,10-11H2,1H3,(H,25,28). The van der Waals surface area contributed by atoms with E-state index in [2.05, 4.69) is 5.32 Å². The lowest BCUT2D eigenvalue weighted by Crippen LogP contribution is -2.28. The summed E-state index contributed by atoms with van der Waals surface area (Å²) in [6, 6.07) is 9.36. The van der Waals surface area contributed by atoms with Crippen molar-refractivity contribution in [1.82, 2.24) is 4.90 Å². The van der Waals surface area contributed by atoms with Crippen LogP contribution >= 0.6 is 0 Å². The minimum absolute atomic E-state index is 0.0463. The number of methoxy groups -OCH3 is 1. The summed E-state index contributed by atoms with van der Waals surface area (Å²) in [4.78, 5) is 26.1. The molecule has 3 rings (SSSR count). The fourth-order valence-corrected chi connectivity index (χ4v) is 3.12. The molecule has 0 saturated carbocycles. The van der Waals surface area contributed by atoms with E-state index in [0.717, 1.165) is 11.6 Å². The van der Waals surface area contributed by atoms with Gasteiger partial charge >= 0.3 is 6.18 Å². The maximum Gasteiger partial charge on any atom is 0.419 e. The van der Waals surface area contributed by atoms with Crippen LogP contribution in [0.5, 0.6) is 5.75 Å². The normalized spacial score (nSPS) is 16.8. The predicted octanol–water partition coefficient (Wildman–Crippen LogP) is 3.84. The topological polar surface area (TPSA) is 58.6 Å². The highest BCUT2D eigenvalue weighted by Crippen LogP contribution is 2.33. The fourth-order valence-electron chi connectivity index (χ4n) is 3.12. The van der Waals surface area contributed by atoms with Crippen LogP contribution in [0.25, 0.3) is 0 Å². The molecule has 1 N–H and O–H groups in total. The molecule has 0 radical (unpaired) electrons. The van der Waals surface area contributed by atoms with Gasteiger partial charge in [-0.1, -0.05) is 12.1 Å². The number of ether oxygens (including phenoxy) is 1. The average molecular weight is 410 g/mol. The second-order valence-corrected chi connectivity index (χ2v) is 6.71. The maximum absolute atomic E-state index is 13.4. The molecule has 154 valence electrons. The predicted molar refractivity (Wildman–Crippen MR) is 96.5 cm³/mol. The van der Waals surface area contributed by atoms with Crippen molar-refractivity contribution in [3.05, 3.63) is 59.4 Å². The van der Waals surface area contributed by atoms with Gasteiger partial charge in [0.15, 0.2) is 0 Å². The Balaban J connectivity index is 1.64. The number of alkyl halides is 3. The first-order chi connectivity index (χ1) is 13.7. The molecule has 1 aliphatic rings.